The number of fused-ring (bicyclic) bond motifs is 1. The first-order valence-electron chi connectivity index (χ1n) is 7.77. The van der Waals surface area contributed by atoms with E-state index >= 15 is 0 Å². The van der Waals surface area contributed by atoms with Crippen LogP contribution in [0.1, 0.15) is 45.4 Å². The van der Waals surface area contributed by atoms with Gasteiger partial charge in [0.2, 0.25) is 0 Å². The van der Waals surface area contributed by atoms with E-state index < -0.39 is 0 Å². The fraction of sp³-hybridized carbons (Fsp3) is 0.625. The smallest absolute Gasteiger partial charge is 0.145 e. The van der Waals surface area contributed by atoms with Crippen LogP contribution in [0.5, 0.6) is 0 Å². The van der Waals surface area contributed by atoms with E-state index in [0.29, 0.717) is 17.1 Å². The van der Waals surface area contributed by atoms with Crippen molar-refractivity contribution in [3.63, 3.8) is 0 Å². The lowest BCUT2D eigenvalue weighted by atomic mass is 10.1. The van der Waals surface area contributed by atoms with Crippen LogP contribution in [0, 0.1) is 5.92 Å². The lowest BCUT2D eigenvalue weighted by molar-refractivity contribution is 0.164. The molecule has 1 aliphatic rings. The van der Waals surface area contributed by atoms with Crippen molar-refractivity contribution >= 4 is 33.2 Å². The quantitative estimate of drug-likeness (QED) is 0.744. The summed E-state index contributed by atoms with van der Waals surface area (Å²) in [7, 11) is 0. The molecule has 1 saturated carbocycles. The molecule has 2 aromatic heterocycles. The largest absolute Gasteiger partial charge is 0.293 e. The molecule has 3 nitrogen and oxygen atoms in total. The first-order valence-corrected chi connectivity index (χ1v) is 9.03. The Morgan fingerprint density at radius 2 is 2.10 bits per heavy atom. The molecule has 1 fully saturated rings. The minimum absolute atomic E-state index is 0.590. The topological polar surface area (TPSA) is 29.0 Å². The maximum Gasteiger partial charge on any atom is 0.145 e. The van der Waals surface area contributed by atoms with Crippen LogP contribution in [0.15, 0.2) is 11.4 Å². The maximum absolute atomic E-state index is 6.29. The van der Waals surface area contributed by atoms with Gasteiger partial charge in [0.15, 0.2) is 0 Å². The first-order chi connectivity index (χ1) is 10.1. The van der Waals surface area contributed by atoms with E-state index in [1.165, 1.54) is 25.7 Å². The standard InChI is InChI=1S/C16H22ClN3S/c1-11(2)9-20(12-5-3-4-6-12)10-14-18-15(17)13-7-8-21-16(13)19-14/h7-8,11-12H,3-6,9-10H2,1-2H3. The van der Waals surface area contributed by atoms with Crippen LogP contribution >= 0.6 is 22.9 Å². The summed E-state index contributed by atoms with van der Waals surface area (Å²) in [4.78, 5) is 12.8. The Morgan fingerprint density at radius 3 is 2.81 bits per heavy atom. The second kappa shape index (κ2) is 6.59. The average Bonchev–Trinajstić information content (AvgIpc) is 3.08. The molecule has 2 heterocycles. The number of aromatic nitrogens is 2. The molecule has 0 atom stereocenters. The zero-order valence-electron chi connectivity index (χ0n) is 12.7. The van der Waals surface area contributed by atoms with Crippen LogP contribution in [-0.4, -0.2) is 27.5 Å². The van der Waals surface area contributed by atoms with Crippen molar-refractivity contribution in [2.24, 2.45) is 5.92 Å². The molecule has 0 unspecified atom stereocenters. The Bertz CT molecular complexity index is 605. The molecular weight excluding hydrogens is 302 g/mol. The molecule has 0 N–H and O–H groups in total. The number of thiophene rings is 1. The van der Waals surface area contributed by atoms with Gasteiger partial charge in [0.05, 0.1) is 6.54 Å². The molecule has 0 aromatic carbocycles. The molecule has 1 aliphatic carbocycles. The van der Waals surface area contributed by atoms with Crippen molar-refractivity contribution in [2.45, 2.75) is 52.1 Å². The molecule has 2 aromatic rings. The summed E-state index contributed by atoms with van der Waals surface area (Å²) in [5, 5.41) is 3.59. The molecular formula is C16H22ClN3S. The third-order valence-electron chi connectivity index (χ3n) is 4.11. The molecule has 0 saturated heterocycles. The van der Waals surface area contributed by atoms with Gasteiger partial charge >= 0.3 is 0 Å². The van der Waals surface area contributed by atoms with Crippen molar-refractivity contribution in [1.82, 2.24) is 14.9 Å². The van der Waals surface area contributed by atoms with Gasteiger partial charge in [0.1, 0.15) is 15.8 Å². The summed E-state index contributed by atoms with van der Waals surface area (Å²) in [6, 6.07) is 2.68. The number of nitrogens with zero attached hydrogens (tertiary/aromatic N) is 3. The van der Waals surface area contributed by atoms with E-state index in [1.54, 1.807) is 11.3 Å². The zero-order valence-corrected chi connectivity index (χ0v) is 14.3. The van der Waals surface area contributed by atoms with Crippen LogP contribution in [0.25, 0.3) is 10.2 Å². The van der Waals surface area contributed by atoms with Crippen LogP contribution < -0.4 is 0 Å². The highest BCUT2D eigenvalue weighted by atomic mass is 35.5. The highest BCUT2D eigenvalue weighted by Crippen LogP contribution is 2.28. The van der Waals surface area contributed by atoms with Gasteiger partial charge in [-0.05, 0) is 30.2 Å². The van der Waals surface area contributed by atoms with Crippen LogP contribution in [0.3, 0.4) is 0 Å². The number of hydrogen-bond donors (Lipinski definition) is 0. The van der Waals surface area contributed by atoms with E-state index in [1.807, 2.05) is 11.4 Å². The number of hydrogen-bond acceptors (Lipinski definition) is 4. The summed E-state index contributed by atoms with van der Waals surface area (Å²) in [6.07, 6.45) is 5.32. The minimum atomic E-state index is 0.590. The Kier molecular flexibility index (Phi) is 4.77. The lowest BCUT2D eigenvalue weighted by Gasteiger charge is -2.29. The van der Waals surface area contributed by atoms with Gasteiger partial charge in [-0.3, -0.25) is 4.90 Å². The Morgan fingerprint density at radius 1 is 1.33 bits per heavy atom. The van der Waals surface area contributed by atoms with Gasteiger partial charge in [-0.25, -0.2) is 9.97 Å². The summed E-state index contributed by atoms with van der Waals surface area (Å²) >= 11 is 7.92. The van der Waals surface area contributed by atoms with Crippen molar-refractivity contribution in [1.29, 1.82) is 0 Å². The van der Waals surface area contributed by atoms with Crippen LogP contribution in [0.4, 0.5) is 0 Å². The van der Waals surface area contributed by atoms with E-state index in [0.717, 1.165) is 29.1 Å². The summed E-state index contributed by atoms with van der Waals surface area (Å²) in [5.41, 5.74) is 0. The predicted octanol–water partition coefficient (Wildman–Crippen LogP) is 4.75. The van der Waals surface area contributed by atoms with Gasteiger partial charge < -0.3 is 0 Å². The third-order valence-corrected chi connectivity index (χ3v) is 5.20. The lowest BCUT2D eigenvalue weighted by Crippen LogP contribution is -2.36. The predicted molar refractivity (Wildman–Crippen MR) is 89.9 cm³/mol. The highest BCUT2D eigenvalue weighted by Gasteiger charge is 2.24. The molecule has 0 amide bonds. The molecule has 114 valence electrons. The monoisotopic (exact) mass is 323 g/mol. The number of rotatable bonds is 5. The Hall–Kier alpha value is -0.710. The number of halogens is 1. The second-order valence-electron chi connectivity index (χ2n) is 6.33. The minimum Gasteiger partial charge on any atom is -0.293 e. The SMILES string of the molecule is CC(C)CN(Cc1nc(Cl)c2ccsc2n1)C1CCCC1. The van der Waals surface area contributed by atoms with Gasteiger partial charge in [0, 0.05) is 18.0 Å². The molecule has 0 spiro atoms. The summed E-state index contributed by atoms with van der Waals surface area (Å²) in [5.74, 6) is 1.52. The van der Waals surface area contributed by atoms with E-state index in [-0.39, 0.29) is 0 Å². The van der Waals surface area contributed by atoms with Gasteiger partial charge in [-0.1, -0.05) is 38.3 Å². The average molecular weight is 324 g/mol. The van der Waals surface area contributed by atoms with E-state index in [2.05, 4.69) is 23.7 Å². The van der Waals surface area contributed by atoms with E-state index in [9.17, 15) is 0 Å². The van der Waals surface area contributed by atoms with Gasteiger partial charge in [-0.2, -0.15) is 0 Å². The molecule has 0 aliphatic heterocycles. The first kappa shape index (κ1) is 15.2. The highest BCUT2D eigenvalue weighted by molar-refractivity contribution is 7.16. The van der Waals surface area contributed by atoms with Crippen LogP contribution in [0.2, 0.25) is 5.15 Å². The maximum atomic E-state index is 6.29. The van der Waals surface area contributed by atoms with Crippen molar-refractivity contribution in [3.8, 4) is 0 Å². The van der Waals surface area contributed by atoms with Gasteiger partial charge in [-0.15, -0.1) is 11.3 Å². The summed E-state index contributed by atoms with van der Waals surface area (Å²) < 4.78 is 0. The molecule has 3 rings (SSSR count). The third kappa shape index (κ3) is 3.55. The van der Waals surface area contributed by atoms with Crippen molar-refractivity contribution in [3.05, 3.63) is 22.4 Å². The fourth-order valence-electron chi connectivity index (χ4n) is 3.19. The van der Waals surface area contributed by atoms with Crippen molar-refractivity contribution in [2.75, 3.05) is 6.54 Å². The molecule has 21 heavy (non-hydrogen) atoms. The van der Waals surface area contributed by atoms with Gasteiger partial charge in [0.25, 0.3) is 0 Å². The second-order valence-corrected chi connectivity index (χ2v) is 7.58. The zero-order chi connectivity index (χ0) is 14.8. The molecule has 0 radical (unpaired) electrons. The van der Waals surface area contributed by atoms with E-state index in [4.69, 9.17) is 16.6 Å². The Balaban J connectivity index is 1.82. The van der Waals surface area contributed by atoms with Crippen molar-refractivity contribution < 1.29 is 0 Å². The molecule has 5 heteroatoms. The normalized spacial score (nSPS) is 16.6. The van der Waals surface area contributed by atoms with Crippen LogP contribution in [-0.2, 0) is 6.54 Å². The Labute approximate surface area is 135 Å². The summed E-state index contributed by atoms with van der Waals surface area (Å²) in [6.45, 7) is 6.47. The fourth-order valence-corrected chi connectivity index (χ4v) is 4.28. The molecule has 0 bridgehead atoms.